The summed E-state index contributed by atoms with van der Waals surface area (Å²) in [6.07, 6.45) is 7.69. The van der Waals surface area contributed by atoms with Crippen molar-refractivity contribution in [3.8, 4) is 0 Å². The van der Waals surface area contributed by atoms with E-state index < -0.39 is 5.60 Å². The molecule has 1 amide bonds. The minimum absolute atomic E-state index is 0.0450. The molecule has 3 fully saturated rings. The van der Waals surface area contributed by atoms with Crippen molar-refractivity contribution in [2.24, 2.45) is 5.92 Å². The van der Waals surface area contributed by atoms with Crippen LogP contribution in [0.25, 0.3) is 0 Å². The molecule has 3 heterocycles. The molecule has 7 heteroatoms. The molecule has 1 N–H and O–H groups in total. The third-order valence-electron chi connectivity index (χ3n) is 6.58. The van der Waals surface area contributed by atoms with Crippen molar-refractivity contribution in [2.75, 3.05) is 32.7 Å². The molecule has 1 unspecified atom stereocenters. The van der Waals surface area contributed by atoms with E-state index in [1.54, 1.807) is 28.8 Å². The van der Waals surface area contributed by atoms with E-state index in [0.29, 0.717) is 24.9 Å². The van der Waals surface area contributed by atoms with Crippen LogP contribution in [0.15, 0.2) is 17.2 Å². The SMILES string of the molecule is CC(=O)N1CCCC(O)(CN2CCC(Cn3cnc(C4CC4)cc3=O)CC2)C1. The van der Waals surface area contributed by atoms with Crippen LogP contribution in [0.1, 0.15) is 57.1 Å². The van der Waals surface area contributed by atoms with Crippen molar-refractivity contribution in [1.29, 1.82) is 0 Å². The normalized spacial score (nSPS) is 27.1. The lowest BCUT2D eigenvalue weighted by Crippen LogP contribution is -2.56. The zero-order valence-corrected chi connectivity index (χ0v) is 16.8. The number of piperidine rings is 2. The maximum atomic E-state index is 12.3. The number of aliphatic hydroxyl groups is 1. The fraction of sp³-hybridized carbons (Fsp3) is 0.762. The Balaban J connectivity index is 1.27. The summed E-state index contributed by atoms with van der Waals surface area (Å²) in [5, 5.41) is 11.0. The van der Waals surface area contributed by atoms with E-state index in [0.717, 1.165) is 70.4 Å². The molecule has 2 aliphatic heterocycles. The van der Waals surface area contributed by atoms with Gasteiger partial charge in [-0.2, -0.15) is 0 Å². The predicted octanol–water partition coefficient (Wildman–Crippen LogP) is 1.21. The van der Waals surface area contributed by atoms with Crippen molar-refractivity contribution in [3.63, 3.8) is 0 Å². The number of carbonyl (C=O) groups is 1. The standard InChI is InChI=1S/C21H32N4O3/c1-16(26)24-8-2-7-21(28,14-24)13-23-9-5-17(6-10-23)12-25-15-22-19(11-20(25)27)18-3-4-18/h11,15,17-18,28H,2-10,12-14H2,1H3. The maximum absolute atomic E-state index is 12.3. The average Bonchev–Trinajstić information content (AvgIpc) is 3.50. The number of rotatable bonds is 5. The molecule has 0 aromatic carbocycles. The van der Waals surface area contributed by atoms with Crippen LogP contribution in [0.2, 0.25) is 0 Å². The highest BCUT2D eigenvalue weighted by Gasteiger charge is 2.36. The third kappa shape index (κ3) is 4.63. The molecule has 0 bridgehead atoms. The van der Waals surface area contributed by atoms with E-state index in [1.165, 1.54) is 0 Å². The summed E-state index contributed by atoms with van der Waals surface area (Å²) in [4.78, 5) is 32.6. The second kappa shape index (κ2) is 7.95. The molecule has 2 saturated heterocycles. The zero-order chi connectivity index (χ0) is 19.7. The van der Waals surface area contributed by atoms with Crippen molar-refractivity contribution >= 4 is 5.91 Å². The van der Waals surface area contributed by atoms with Gasteiger partial charge in [-0.25, -0.2) is 4.98 Å². The van der Waals surface area contributed by atoms with E-state index in [1.807, 2.05) is 0 Å². The first kappa shape index (κ1) is 19.6. The van der Waals surface area contributed by atoms with Gasteiger partial charge in [0.15, 0.2) is 0 Å². The second-order valence-electron chi connectivity index (χ2n) is 9.07. The van der Waals surface area contributed by atoms with Gasteiger partial charge in [0, 0.05) is 38.5 Å². The molecule has 154 valence electrons. The van der Waals surface area contributed by atoms with Crippen LogP contribution in [0.5, 0.6) is 0 Å². The molecule has 1 aromatic heterocycles. The summed E-state index contributed by atoms with van der Waals surface area (Å²) in [7, 11) is 0. The second-order valence-corrected chi connectivity index (χ2v) is 9.07. The number of hydrogen-bond acceptors (Lipinski definition) is 5. The zero-order valence-electron chi connectivity index (χ0n) is 16.8. The fourth-order valence-corrected chi connectivity index (χ4v) is 4.71. The number of likely N-dealkylation sites (tertiary alicyclic amines) is 2. The van der Waals surface area contributed by atoms with E-state index in [4.69, 9.17) is 0 Å². The number of β-amino-alcohol motifs (C(OH)–C–C–N with tert-alkyl or cyclic N) is 1. The van der Waals surface area contributed by atoms with Crippen LogP contribution >= 0.6 is 0 Å². The molecule has 1 aliphatic carbocycles. The predicted molar refractivity (Wildman–Crippen MR) is 106 cm³/mol. The van der Waals surface area contributed by atoms with E-state index >= 15 is 0 Å². The number of nitrogens with zero attached hydrogens (tertiary/aromatic N) is 4. The van der Waals surface area contributed by atoms with E-state index in [-0.39, 0.29) is 11.5 Å². The Hall–Kier alpha value is -1.73. The lowest BCUT2D eigenvalue weighted by atomic mass is 9.90. The highest BCUT2D eigenvalue weighted by molar-refractivity contribution is 5.73. The van der Waals surface area contributed by atoms with Gasteiger partial charge in [-0.15, -0.1) is 0 Å². The largest absolute Gasteiger partial charge is 0.387 e. The Labute approximate surface area is 166 Å². The van der Waals surface area contributed by atoms with Gasteiger partial charge in [-0.05, 0) is 57.5 Å². The highest BCUT2D eigenvalue weighted by atomic mass is 16.3. The Morgan fingerprint density at radius 3 is 2.64 bits per heavy atom. The quantitative estimate of drug-likeness (QED) is 0.820. The molecule has 3 aliphatic rings. The molecule has 0 radical (unpaired) electrons. The minimum Gasteiger partial charge on any atom is -0.387 e. The van der Waals surface area contributed by atoms with Gasteiger partial charge in [-0.1, -0.05) is 0 Å². The maximum Gasteiger partial charge on any atom is 0.253 e. The lowest BCUT2D eigenvalue weighted by molar-refractivity contribution is -0.137. The molecule has 28 heavy (non-hydrogen) atoms. The Morgan fingerprint density at radius 2 is 2.00 bits per heavy atom. The number of aromatic nitrogens is 2. The number of amides is 1. The van der Waals surface area contributed by atoms with Crippen LogP contribution in [-0.2, 0) is 11.3 Å². The van der Waals surface area contributed by atoms with Crippen LogP contribution in [0, 0.1) is 5.92 Å². The van der Waals surface area contributed by atoms with Gasteiger partial charge < -0.3 is 14.9 Å². The summed E-state index contributed by atoms with van der Waals surface area (Å²) >= 11 is 0. The first-order chi connectivity index (χ1) is 13.4. The first-order valence-electron chi connectivity index (χ1n) is 10.7. The Morgan fingerprint density at radius 1 is 1.25 bits per heavy atom. The van der Waals surface area contributed by atoms with Crippen molar-refractivity contribution in [1.82, 2.24) is 19.4 Å². The summed E-state index contributed by atoms with van der Waals surface area (Å²) in [6.45, 7) is 5.97. The molecular formula is C21H32N4O3. The van der Waals surface area contributed by atoms with E-state index in [9.17, 15) is 14.7 Å². The molecular weight excluding hydrogens is 356 g/mol. The number of carbonyl (C=O) groups excluding carboxylic acids is 1. The Kier molecular flexibility index (Phi) is 5.56. The highest BCUT2D eigenvalue weighted by Crippen LogP contribution is 2.38. The first-order valence-corrected chi connectivity index (χ1v) is 10.7. The fourth-order valence-electron chi connectivity index (χ4n) is 4.71. The van der Waals surface area contributed by atoms with Crippen molar-refractivity contribution < 1.29 is 9.90 Å². The number of hydrogen-bond donors (Lipinski definition) is 1. The van der Waals surface area contributed by atoms with E-state index in [2.05, 4.69) is 9.88 Å². The topological polar surface area (TPSA) is 78.7 Å². The molecule has 7 nitrogen and oxygen atoms in total. The van der Waals surface area contributed by atoms with Gasteiger partial charge >= 0.3 is 0 Å². The molecule has 1 aromatic rings. The summed E-state index contributed by atoms with van der Waals surface area (Å²) in [5.41, 5.74) is 0.229. The van der Waals surface area contributed by atoms with Gasteiger partial charge in [0.2, 0.25) is 5.91 Å². The third-order valence-corrected chi connectivity index (χ3v) is 6.58. The Bertz CT molecular complexity index is 767. The van der Waals surface area contributed by atoms with Crippen LogP contribution < -0.4 is 5.56 Å². The van der Waals surface area contributed by atoms with Gasteiger partial charge in [0.05, 0.1) is 24.2 Å². The van der Waals surface area contributed by atoms with Crippen molar-refractivity contribution in [2.45, 2.75) is 63.5 Å². The lowest BCUT2D eigenvalue weighted by Gasteiger charge is -2.43. The molecule has 4 rings (SSSR count). The van der Waals surface area contributed by atoms with Crippen molar-refractivity contribution in [3.05, 3.63) is 28.4 Å². The van der Waals surface area contributed by atoms with Crippen LogP contribution in [0.4, 0.5) is 0 Å². The van der Waals surface area contributed by atoms with Crippen LogP contribution in [0.3, 0.4) is 0 Å². The molecule has 0 spiro atoms. The minimum atomic E-state index is -0.795. The van der Waals surface area contributed by atoms with Crippen LogP contribution in [-0.4, -0.2) is 68.7 Å². The summed E-state index contributed by atoms with van der Waals surface area (Å²) in [5.74, 6) is 1.02. The average molecular weight is 389 g/mol. The molecule has 1 saturated carbocycles. The van der Waals surface area contributed by atoms with Gasteiger partial charge in [0.1, 0.15) is 0 Å². The smallest absolute Gasteiger partial charge is 0.253 e. The monoisotopic (exact) mass is 388 g/mol. The summed E-state index contributed by atoms with van der Waals surface area (Å²) in [6, 6.07) is 1.71. The van der Waals surface area contributed by atoms with Gasteiger partial charge in [-0.3, -0.25) is 14.2 Å². The molecule has 1 atom stereocenters. The summed E-state index contributed by atoms with van der Waals surface area (Å²) < 4.78 is 1.76. The van der Waals surface area contributed by atoms with Gasteiger partial charge in [0.25, 0.3) is 5.56 Å².